The van der Waals surface area contributed by atoms with Gasteiger partial charge < -0.3 is 10.2 Å². The van der Waals surface area contributed by atoms with E-state index in [1.165, 1.54) is 40.8 Å². The Hall–Kier alpha value is -2.97. The minimum atomic E-state index is -0.575. The fraction of sp³-hybridized carbons (Fsp3) is 0.286. The molecule has 1 aliphatic rings. The summed E-state index contributed by atoms with van der Waals surface area (Å²) in [4.78, 5) is 24.3. The third-order valence-corrected chi connectivity index (χ3v) is 3.75. The maximum absolute atomic E-state index is 12.9. The van der Waals surface area contributed by atoms with Crippen molar-refractivity contribution < 1.29 is 14.1 Å². The number of hydrogen-bond donors (Lipinski definition) is 1. The number of nitro groups is 1. The molecule has 8 nitrogen and oxygen atoms in total. The topological polar surface area (TPSA) is 93.3 Å². The van der Waals surface area contributed by atoms with E-state index in [9.17, 15) is 19.3 Å². The molecule has 1 saturated heterocycles. The zero-order chi connectivity index (χ0) is 16.7. The molecule has 2 aromatic rings. The van der Waals surface area contributed by atoms with Gasteiger partial charge in [0.2, 0.25) is 5.82 Å². The van der Waals surface area contributed by atoms with Gasteiger partial charge in [0.05, 0.1) is 11.5 Å². The van der Waals surface area contributed by atoms with Gasteiger partial charge in [-0.05, 0) is 31.2 Å². The molecule has 0 bridgehead atoms. The largest absolute Gasteiger partial charge is 0.351 e. The number of nitrogens with one attached hydrogen (secondary N) is 1. The van der Waals surface area contributed by atoms with Gasteiger partial charge in [0.1, 0.15) is 17.6 Å². The van der Waals surface area contributed by atoms with Crippen molar-refractivity contribution in [1.29, 1.82) is 0 Å². The standard InChI is InChI=1S/C14H14FN5O3/c1-8-12(20(22)23)13(18(2)17-8)16-11-7-19(14(11)21)10-5-3-9(15)4-6-10/h3-6,11,16H,7H2,1-2H3. The number of hydrogen-bond acceptors (Lipinski definition) is 5. The summed E-state index contributed by atoms with van der Waals surface area (Å²) in [5.41, 5.74) is 0.729. The molecule has 1 amide bonds. The Labute approximate surface area is 130 Å². The Morgan fingerprint density at radius 3 is 2.61 bits per heavy atom. The van der Waals surface area contributed by atoms with Crippen LogP contribution in [-0.4, -0.2) is 33.2 Å². The normalized spacial score (nSPS) is 17.1. The molecule has 1 aromatic heterocycles. The van der Waals surface area contributed by atoms with Crippen LogP contribution in [0.1, 0.15) is 5.69 Å². The number of halogens is 1. The van der Waals surface area contributed by atoms with Crippen molar-refractivity contribution in [1.82, 2.24) is 9.78 Å². The molecular formula is C14H14FN5O3. The molecule has 1 fully saturated rings. The van der Waals surface area contributed by atoms with Crippen LogP contribution in [0.3, 0.4) is 0 Å². The van der Waals surface area contributed by atoms with Crippen LogP contribution in [0.15, 0.2) is 24.3 Å². The average Bonchev–Trinajstić information content (AvgIpc) is 2.78. The summed E-state index contributed by atoms with van der Waals surface area (Å²) in [5, 5.41) is 18.0. The summed E-state index contributed by atoms with van der Waals surface area (Å²) in [6.45, 7) is 1.88. The summed E-state index contributed by atoms with van der Waals surface area (Å²) in [6, 6.07) is 5.01. The Morgan fingerprint density at radius 1 is 1.39 bits per heavy atom. The number of amides is 1. The average molecular weight is 319 g/mol. The molecule has 23 heavy (non-hydrogen) atoms. The van der Waals surface area contributed by atoms with Gasteiger partial charge in [0.25, 0.3) is 5.91 Å². The molecule has 1 aromatic carbocycles. The van der Waals surface area contributed by atoms with Gasteiger partial charge in [-0.1, -0.05) is 0 Å². The third kappa shape index (κ3) is 2.50. The first-order valence-electron chi connectivity index (χ1n) is 6.90. The number of carbonyl (C=O) groups is 1. The molecule has 1 unspecified atom stereocenters. The molecule has 120 valence electrons. The van der Waals surface area contributed by atoms with E-state index >= 15 is 0 Å². The van der Waals surface area contributed by atoms with Gasteiger partial charge in [-0.2, -0.15) is 5.10 Å². The first-order chi connectivity index (χ1) is 10.9. The molecule has 2 heterocycles. The van der Waals surface area contributed by atoms with Crippen molar-refractivity contribution in [2.45, 2.75) is 13.0 Å². The number of rotatable bonds is 4. The van der Waals surface area contributed by atoms with E-state index < -0.39 is 11.0 Å². The number of aryl methyl sites for hydroxylation is 2. The van der Waals surface area contributed by atoms with E-state index in [0.29, 0.717) is 12.2 Å². The fourth-order valence-electron chi connectivity index (χ4n) is 2.58. The first kappa shape index (κ1) is 14.9. The lowest BCUT2D eigenvalue weighted by molar-refractivity contribution is -0.384. The molecule has 3 rings (SSSR count). The Bertz CT molecular complexity index is 786. The third-order valence-electron chi connectivity index (χ3n) is 3.75. The molecule has 0 aliphatic carbocycles. The number of carbonyl (C=O) groups excluding carboxylic acids is 1. The highest BCUT2D eigenvalue weighted by molar-refractivity contribution is 6.05. The molecule has 9 heteroatoms. The van der Waals surface area contributed by atoms with Crippen LogP contribution in [-0.2, 0) is 11.8 Å². The smallest absolute Gasteiger partial charge is 0.333 e. The SMILES string of the molecule is Cc1nn(C)c(NC2CN(c3ccc(F)cc3)C2=O)c1[N+](=O)[O-]. The lowest BCUT2D eigenvalue weighted by Gasteiger charge is -2.38. The quantitative estimate of drug-likeness (QED) is 0.525. The highest BCUT2D eigenvalue weighted by atomic mass is 19.1. The molecule has 0 radical (unpaired) electrons. The molecular weight excluding hydrogens is 305 g/mol. The highest BCUT2D eigenvalue weighted by Crippen LogP contribution is 2.30. The van der Waals surface area contributed by atoms with Gasteiger partial charge >= 0.3 is 5.69 Å². The van der Waals surface area contributed by atoms with Crippen molar-refractivity contribution >= 4 is 23.1 Å². The summed E-state index contributed by atoms with van der Waals surface area (Å²) in [5.74, 6) is -0.410. The van der Waals surface area contributed by atoms with E-state index in [0.717, 1.165) is 0 Å². The van der Waals surface area contributed by atoms with Crippen LogP contribution >= 0.6 is 0 Å². The van der Waals surface area contributed by atoms with E-state index in [4.69, 9.17) is 0 Å². The number of benzene rings is 1. The van der Waals surface area contributed by atoms with Crippen LogP contribution in [0.25, 0.3) is 0 Å². The molecule has 0 saturated carbocycles. The Balaban J connectivity index is 1.76. The van der Waals surface area contributed by atoms with Gasteiger partial charge in [0.15, 0.2) is 0 Å². The highest BCUT2D eigenvalue weighted by Gasteiger charge is 2.40. The zero-order valence-electron chi connectivity index (χ0n) is 12.5. The number of aromatic nitrogens is 2. The maximum Gasteiger partial charge on any atom is 0.333 e. The molecule has 1 aliphatic heterocycles. The van der Waals surface area contributed by atoms with Crippen LogP contribution in [0, 0.1) is 22.9 Å². The van der Waals surface area contributed by atoms with Crippen LogP contribution < -0.4 is 10.2 Å². The van der Waals surface area contributed by atoms with Crippen molar-refractivity contribution in [3.8, 4) is 0 Å². The predicted molar refractivity (Wildman–Crippen MR) is 80.8 cm³/mol. The number of anilines is 2. The Morgan fingerprint density at radius 2 is 2.04 bits per heavy atom. The molecule has 1 N–H and O–H groups in total. The summed E-state index contributed by atoms with van der Waals surface area (Å²) in [6.07, 6.45) is 0. The number of β-lactam (4-membered cyclic amide) rings is 1. The van der Waals surface area contributed by atoms with E-state index in [2.05, 4.69) is 10.4 Å². The summed E-state index contributed by atoms with van der Waals surface area (Å²) in [7, 11) is 1.57. The van der Waals surface area contributed by atoms with E-state index in [-0.39, 0.29) is 28.9 Å². The van der Waals surface area contributed by atoms with Crippen molar-refractivity contribution in [3.05, 3.63) is 45.9 Å². The summed E-state index contributed by atoms with van der Waals surface area (Å²) < 4.78 is 14.3. The second kappa shape index (κ2) is 5.34. The molecule has 0 spiro atoms. The first-order valence-corrected chi connectivity index (χ1v) is 6.90. The maximum atomic E-state index is 12.9. The second-order valence-corrected chi connectivity index (χ2v) is 5.29. The molecule has 1 atom stereocenters. The van der Waals surface area contributed by atoms with Crippen molar-refractivity contribution in [2.75, 3.05) is 16.8 Å². The zero-order valence-corrected chi connectivity index (χ0v) is 12.5. The van der Waals surface area contributed by atoms with Crippen LogP contribution in [0.2, 0.25) is 0 Å². The summed E-state index contributed by atoms with van der Waals surface area (Å²) >= 11 is 0. The van der Waals surface area contributed by atoms with Gasteiger partial charge in [-0.3, -0.25) is 14.9 Å². The van der Waals surface area contributed by atoms with Crippen molar-refractivity contribution in [2.24, 2.45) is 7.05 Å². The van der Waals surface area contributed by atoms with Gasteiger partial charge in [-0.15, -0.1) is 0 Å². The van der Waals surface area contributed by atoms with E-state index in [1.54, 1.807) is 7.05 Å². The lowest BCUT2D eigenvalue weighted by Crippen LogP contribution is -2.60. The minimum absolute atomic E-state index is 0.138. The lowest BCUT2D eigenvalue weighted by atomic mass is 10.1. The van der Waals surface area contributed by atoms with Crippen molar-refractivity contribution in [3.63, 3.8) is 0 Å². The van der Waals surface area contributed by atoms with E-state index in [1.807, 2.05) is 0 Å². The Kier molecular flexibility index (Phi) is 3.47. The monoisotopic (exact) mass is 319 g/mol. The second-order valence-electron chi connectivity index (χ2n) is 5.29. The van der Waals surface area contributed by atoms with Gasteiger partial charge in [0, 0.05) is 12.7 Å². The van der Waals surface area contributed by atoms with Gasteiger partial charge in [-0.25, -0.2) is 9.07 Å². The minimum Gasteiger partial charge on any atom is -0.351 e. The fourth-order valence-corrected chi connectivity index (χ4v) is 2.58. The van der Waals surface area contributed by atoms with Crippen LogP contribution in [0.5, 0.6) is 0 Å². The number of nitrogens with zero attached hydrogens (tertiary/aromatic N) is 4. The van der Waals surface area contributed by atoms with Crippen LogP contribution in [0.4, 0.5) is 21.6 Å². The predicted octanol–water partition coefficient (Wildman–Crippen LogP) is 1.60.